The number of H-pyrrole nitrogens is 1. The molecule has 1 aromatic heterocycles. The Labute approximate surface area is 167 Å². The molecule has 4 rings (SSSR count). The lowest BCUT2D eigenvalue weighted by Gasteiger charge is -2.42. The summed E-state index contributed by atoms with van der Waals surface area (Å²) in [7, 11) is 0. The van der Waals surface area contributed by atoms with E-state index in [2.05, 4.69) is 53.3 Å². The van der Waals surface area contributed by atoms with Crippen LogP contribution in [0.25, 0.3) is 16.5 Å². The first-order chi connectivity index (χ1) is 13.6. The average Bonchev–Trinajstić information content (AvgIpc) is 3.00. The van der Waals surface area contributed by atoms with E-state index < -0.39 is 0 Å². The number of hydrogen-bond acceptors (Lipinski definition) is 2. The molecule has 2 atom stereocenters. The molecule has 0 bridgehead atoms. The highest BCUT2D eigenvalue weighted by atomic mass is 16.2. The van der Waals surface area contributed by atoms with Crippen LogP contribution in [0.15, 0.2) is 24.3 Å². The number of aromatic nitrogens is 1. The van der Waals surface area contributed by atoms with Crippen LogP contribution in [0, 0.1) is 6.92 Å². The van der Waals surface area contributed by atoms with E-state index in [9.17, 15) is 4.79 Å². The molecule has 2 aliphatic rings. The standard InChI is InChI=1S/C23H32N4O/c1-5-11-27-14-16(25-23(28)26(6-2)7-3)12-19-17-9-8-10-20-22(17)18(13-21(19)27)15(4)24-20/h8-10,12,16,21,24H,5-7,11,13-14H2,1-4H3,(H,25,28)/t16-,21+/m0/s1. The molecule has 2 N–H and O–H groups in total. The second-order valence-electron chi connectivity index (χ2n) is 8.02. The summed E-state index contributed by atoms with van der Waals surface area (Å²) in [4.78, 5) is 20.6. The minimum atomic E-state index is 0.0361. The van der Waals surface area contributed by atoms with Crippen molar-refractivity contribution in [3.63, 3.8) is 0 Å². The Morgan fingerprint density at radius 1 is 1.29 bits per heavy atom. The molecule has 5 heteroatoms. The van der Waals surface area contributed by atoms with Crippen LogP contribution in [0.4, 0.5) is 4.79 Å². The topological polar surface area (TPSA) is 51.4 Å². The number of benzene rings is 1. The highest BCUT2D eigenvalue weighted by Crippen LogP contribution is 2.41. The first-order valence-corrected chi connectivity index (χ1v) is 10.7. The van der Waals surface area contributed by atoms with Crippen molar-refractivity contribution in [2.75, 3.05) is 26.2 Å². The van der Waals surface area contributed by atoms with Gasteiger partial charge >= 0.3 is 6.03 Å². The number of hydrogen-bond donors (Lipinski definition) is 2. The van der Waals surface area contributed by atoms with Crippen LogP contribution >= 0.6 is 0 Å². The molecule has 0 saturated carbocycles. The van der Waals surface area contributed by atoms with Crippen LogP contribution in [0.3, 0.4) is 0 Å². The van der Waals surface area contributed by atoms with Crippen molar-refractivity contribution in [3.8, 4) is 0 Å². The molecule has 1 aromatic carbocycles. The van der Waals surface area contributed by atoms with Crippen LogP contribution < -0.4 is 5.32 Å². The van der Waals surface area contributed by atoms with E-state index in [0.29, 0.717) is 6.04 Å². The Hall–Kier alpha value is -2.27. The molecule has 2 amide bonds. The van der Waals surface area contributed by atoms with E-state index in [-0.39, 0.29) is 12.1 Å². The van der Waals surface area contributed by atoms with Gasteiger partial charge in [0.2, 0.25) is 0 Å². The zero-order valence-electron chi connectivity index (χ0n) is 17.5. The van der Waals surface area contributed by atoms with Gasteiger partial charge < -0.3 is 15.2 Å². The third-order valence-electron chi connectivity index (χ3n) is 6.33. The van der Waals surface area contributed by atoms with Gasteiger partial charge in [0, 0.05) is 42.3 Å². The molecule has 0 saturated heterocycles. The molecule has 0 spiro atoms. The molecule has 0 radical (unpaired) electrons. The lowest BCUT2D eigenvalue weighted by Crippen LogP contribution is -2.54. The molecule has 0 fully saturated rings. The van der Waals surface area contributed by atoms with Crippen LogP contribution in [0.5, 0.6) is 0 Å². The van der Waals surface area contributed by atoms with Crippen molar-refractivity contribution in [2.24, 2.45) is 0 Å². The number of fused-ring (bicyclic) bond motifs is 2. The summed E-state index contributed by atoms with van der Waals surface area (Å²) in [5, 5.41) is 4.63. The number of carbonyl (C=O) groups is 1. The van der Waals surface area contributed by atoms with Crippen molar-refractivity contribution >= 4 is 22.5 Å². The SMILES string of the molecule is CCCN1C[C@@H](NC(=O)N(CC)CC)C=C2c3cccc4[nH]c(C)c(c34)C[C@H]21. The number of nitrogens with zero attached hydrogens (tertiary/aromatic N) is 2. The van der Waals surface area contributed by atoms with Crippen LogP contribution in [0.2, 0.25) is 0 Å². The fourth-order valence-electron chi connectivity index (χ4n) is 4.98. The molecule has 2 heterocycles. The van der Waals surface area contributed by atoms with E-state index in [1.54, 1.807) is 0 Å². The third kappa shape index (κ3) is 3.12. The maximum atomic E-state index is 12.7. The third-order valence-corrected chi connectivity index (χ3v) is 6.33. The van der Waals surface area contributed by atoms with Gasteiger partial charge in [-0.15, -0.1) is 0 Å². The number of nitrogens with one attached hydrogen (secondary N) is 2. The van der Waals surface area contributed by atoms with Gasteiger partial charge in [0.15, 0.2) is 0 Å². The second kappa shape index (κ2) is 7.63. The van der Waals surface area contributed by atoms with E-state index >= 15 is 0 Å². The van der Waals surface area contributed by atoms with E-state index in [1.165, 1.54) is 33.3 Å². The molecule has 1 aliphatic heterocycles. The predicted octanol–water partition coefficient (Wildman–Crippen LogP) is 3.93. The Morgan fingerprint density at radius 3 is 2.79 bits per heavy atom. The first-order valence-electron chi connectivity index (χ1n) is 10.7. The van der Waals surface area contributed by atoms with Gasteiger partial charge in [-0.05, 0) is 62.9 Å². The number of aryl methyl sites for hydroxylation is 1. The van der Waals surface area contributed by atoms with Gasteiger partial charge in [-0.1, -0.05) is 25.1 Å². The Balaban J connectivity index is 1.74. The predicted molar refractivity (Wildman–Crippen MR) is 116 cm³/mol. The summed E-state index contributed by atoms with van der Waals surface area (Å²) in [6, 6.07) is 7.03. The highest BCUT2D eigenvalue weighted by molar-refractivity contribution is 5.99. The molecule has 150 valence electrons. The first kappa shape index (κ1) is 19.1. The van der Waals surface area contributed by atoms with Gasteiger partial charge in [-0.25, -0.2) is 4.79 Å². The smallest absolute Gasteiger partial charge is 0.317 e. The zero-order valence-corrected chi connectivity index (χ0v) is 17.5. The molecule has 5 nitrogen and oxygen atoms in total. The highest BCUT2D eigenvalue weighted by Gasteiger charge is 2.36. The molecular formula is C23H32N4O. The maximum absolute atomic E-state index is 12.7. The van der Waals surface area contributed by atoms with Crippen LogP contribution in [-0.2, 0) is 6.42 Å². The van der Waals surface area contributed by atoms with Crippen molar-refractivity contribution in [1.82, 2.24) is 20.1 Å². The maximum Gasteiger partial charge on any atom is 0.317 e. The van der Waals surface area contributed by atoms with E-state index in [4.69, 9.17) is 0 Å². The Bertz CT molecular complexity index is 909. The van der Waals surface area contributed by atoms with Gasteiger partial charge in [0.05, 0.1) is 6.04 Å². The molecule has 1 aliphatic carbocycles. The van der Waals surface area contributed by atoms with Gasteiger partial charge in [-0.2, -0.15) is 0 Å². The number of aromatic amines is 1. The lowest BCUT2D eigenvalue weighted by molar-refractivity contribution is 0.183. The summed E-state index contributed by atoms with van der Waals surface area (Å²) in [5.74, 6) is 0. The number of carbonyl (C=O) groups excluding carboxylic acids is 1. The quantitative estimate of drug-likeness (QED) is 0.826. The number of amides is 2. The number of rotatable bonds is 5. The summed E-state index contributed by atoms with van der Waals surface area (Å²) in [6.07, 6.45) is 4.48. The lowest BCUT2D eigenvalue weighted by atomic mass is 9.80. The largest absolute Gasteiger partial charge is 0.358 e. The second-order valence-corrected chi connectivity index (χ2v) is 8.02. The summed E-state index contributed by atoms with van der Waals surface area (Å²) < 4.78 is 0. The van der Waals surface area contributed by atoms with Crippen LogP contribution in [0.1, 0.15) is 44.0 Å². The molecule has 2 aromatic rings. The van der Waals surface area contributed by atoms with Crippen molar-refractivity contribution in [1.29, 1.82) is 0 Å². The fourth-order valence-corrected chi connectivity index (χ4v) is 4.98. The number of urea groups is 1. The fraction of sp³-hybridized carbons (Fsp3) is 0.522. The summed E-state index contributed by atoms with van der Waals surface area (Å²) in [5.41, 5.74) is 6.67. The minimum Gasteiger partial charge on any atom is -0.358 e. The van der Waals surface area contributed by atoms with E-state index in [0.717, 1.165) is 39.0 Å². The van der Waals surface area contributed by atoms with Crippen molar-refractivity contribution < 1.29 is 4.79 Å². The molecular weight excluding hydrogens is 348 g/mol. The van der Waals surface area contributed by atoms with Crippen molar-refractivity contribution in [3.05, 3.63) is 41.1 Å². The Kier molecular flexibility index (Phi) is 5.19. The molecule has 28 heavy (non-hydrogen) atoms. The summed E-state index contributed by atoms with van der Waals surface area (Å²) in [6.45, 7) is 11.9. The zero-order chi connectivity index (χ0) is 19.8. The van der Waals surface area contributed by atoms with Gasteiger partial charge in [0.1, 0.15) is 0 Å². The monoisotopic (exact) mass is 380 g/mol. The van der Waals surface area contributed by atoms with Crippen molar-refractivity contribution in [2.45, 2.75) is 52.6 Å². The Morgan fingerprint density at radius 2 is 2.07 bits per heavy atom. The van der Waals surface area contributed by atoms with Crippen LogP contribution in [-0.4, -0.2) is 59.1 Å². The normalized spacial score (nSPS) is 21.4. The average molecular weight is 381 g/mol. The minimum absolute atomic E-state index is 0.0361. The van der Waals surface area contributed by atoms with Gasteiger partial charge in [0.25, 0.3) is 0 Å². The summed E-state index contributed by atoms with van der Waals surface area (Å²) >= 11 is 0. The van der Waals surface area contributed by atoms with Gasteiger partial charge in [-0.3, -0.25) is 4.90 Å². The molecule has 0 unspecified atom stereocenters. The van der Waals surface area contributed by atoms with E-state index in [1.807, 2.05) is 18.7 Å².